The van der Waals surface area contributed by atoms with Crippen LogP contribution in [-0.4, -0.2) is 43.6 Å². The maximum Gasteiger partial charge on any atom is 0.351 e. The average Bonchev–Trinajstić information content (AvgIpc) is 3.13. The molecule has 7 heteroatoms. The maximum atomic E-state index is 12.2. The number of aromatic nitrogens is 3. The molecule has 1 fully saturated rings. The first-order valence-electron chi connectivity index (χ1n) is 8.11. The van der Waals surface area contributed by atoms with Gasteiger partial charge in [0.1, 0.15) is 18.0 Å². The molecule has 3 N–H and O–H groups in total. The van der Waals surface area contributed by atoms with Crippen LogP contribution >= 0.6 is 0 Å². The van der Waals surface area contributed by atoms with Gasteiger partial charge in [0.05, 0.1) is 12.7 Å². The summed E-state index contributed by atoms with van der Waals surface area (Å²) in [6.07, 6.45) is 8.64. The molecule has 1 aliphatic rings. The third-order valence-electron chi connectivity index (χ3n) is 4.30. The zero-order valence-corrected chi connectivity index (χ0v) is 13.3. The Labute approximate surface area is 139 Å². The molecule has 2 aromatic heterocycles. The van der Waals surface area contributed by atoms with E-state index in [1.165, 1.54) is 4.57 Å². The molecule has 3 heterocycles. The molecule has 2 aromatic rings. The minimum absolute atomic E-state index is 0.252. The summed E-state index contributed by atoms with van der Waals surface area (Å²) in [4.78, 5) is 19.4. The Morgan fingerprint density at radius 2 is 2.33 bits per heavy atom. The summed E-state index contributed by atoms with van der Waals surface area (Å²) in [5.41, 5.74) is 1.10. The molecular weight excluding hydrogens is 310 g/mol. The van der Waals surface area contributed by atoms with Gasteiger partial charge in [-0.25, -0.2) is 4.79 Å². The normalized spacial score (nSPS) is 23.6. The summed E-state index contributed by atoms with van der Waals surface area (Å²) in [5.74, 6) is 2.62. The summed E-state index contributed by atoms with van der Waals surface area (Å²) in [6, 6.07) is 1.96. The number of nitrogens with one attached hydrogen (secondary N) is 1. The van der Waals surface area contributed by atoms with Gasteiger partial charge in [-0.05, 0) is 25.3 Å². The Morgan fingerprint density at radius 3 is 3.04 bits per heavy atom. The highest BCUT2D eigenvalue weighted by atomic mass is 16.5. The first-order valence-corrected chi connectivity index (χ1v) is 8.11. The highest BCUT2D eigenvalue weighted by molar-refractivity contribution is 5.75. The number of terminal acetylenes is 1. The number of nitrogens with zero attached hydrogens (tertiary/aromatic N) is 2. The number of unbranched alkanes of at least 4 members (excludes halogenated alkanes) is 2. The van der Waals surface area contributed by atoms with Gasteiger partial charge in [-0.3, -0.25) is 4.57 Å². The van der Waals surface area contributed by atoms with E-state index in [4.69, 9.17) is 16.3 Å². The van der Waals surface area contributed by atoms with Gasteiger partial charge in [-0.15, -0.1) is 12.3 Å². The van der Waals surface area contributed by atoms with E-state index < -0.39 is 24.1 Å². The number of H-pyrrole nitrogens is 1. The van der Waals surface area contributed by atoms with E-state index in [0.29, 0.717) is 5.65 Å². The molecule has 0 aliphatic carbocycles. The van der Waals surface area contributed by atoms with Crippen LogP contribution < -0.4 is 5.69 Å². The molecule has 128 valence electrons. The molecule has 1 saturated heterocycles. The van der Waals surface area contributed by atoms with Gasteiger partial charge in [0, 0.05) is 30.1 Å². The first-order chi connectivity index (χ1) is 11.6. The molecule has 0 amide bonds. The molecule has 0 bridgehead atoms. The van der Waals surface area contributed by atoms with Crippen molar-refractivity contribution >= 4 is 11.0 Å². The molecule has 0 radical (unpaired) electrons. The highest BCUT2D eigenvalue weighted by Crippen LogP contribution is 2.28. The van der Waals surface area contributed by atoms with Crippen molar-refractivity contribution in [2.45, 2.75) is 50.5 Å². The second-order valence-corrected chi connectivity index (χ2v) is 6.06. The van der Waals surface area contributed by atoms with Crippen LogP contribution in [0.25, 0.3) is 11.0 Å². The molecule has 24 heavy (non-hydrogen) atoms. The van der Waals surface area contributed by atoms with Crippen molar-refractivity contribution in [1.82, 2.24) is 14.5 Å². The third-order valence-corrected chi connectivity index (χ3v) is 4.30. The quantitative estimate of drug-likeness (QED) is 0.535. The molecule has 0 aromatic carbocycles. The number of aryl methyl sites for hydroxylation is 1. The summed E-state index contributed by atoms with van der Waals surface area (Å²) in [7, 11) is 0. The molecule has 0 saturated carbocycles. The number of aliphatic hydroxyl groups excluding tert-OH is 2. The Kier molecular flexibility index (Phi) is 5.00. The van der Waals surface area contributed by atoms with Gasteiger partial charge in [-0.1, -0.05) is 0 Å². The van der Waals surface area contributed by atoms with Gasteiger partial charge in [0.15, 0.2) is 0 Å². The fourth-order valence-electron chi connectivity index (χ4n) is 3.00. The van der Waals surface area contributed by atoms with E-state index in [9.17, 15) is 9.90 Å². The van der Waals surface area contributed by atoms with Crippen molar-refractivity contribution in [1.29, 1.82) is 0 Å². The molecule has 3 rings (SSSR count). The fourth-order valence-corrected chi connectivity index (χ4v) is 3.00. The van der Waals surface area contributed by atoms with Crippen LogP contribution in [0.5, 0.6) is 0 Å². The van der Waals surface area contributed by atoms with Gasteiger partial charge in [0.2, 0.25) is 0 Å². The Bertz CT molecular complexity index is 804. The smallest absolute Gasteiger partial charge is 0.351 e. The summed E-state index contributed by atoms with van der Waals surface area (Å²) in [6.45, 7) is -0.284. The molecule has 0 spiro atoms. The van der Waals surface area contributed by atoms with E-state index in [-0.39, 0.29) is 13.0 Å². The molecule has 1 aliphatic heterocycles. The predicted octanol–water partition coefficient (Wildman–Crippen LogP) is 0.711. The molecule has 0 unspecified atom stereocenters. The number of rotatable bonds is 6. The minimum atomic E-state index is -0.791. The Hall–Kier alpha value is -2.14. The van der Waals surface area contributed by atoms with Crippen LogP contribution in [0.3, 0.4) is 0 Å². The number of hydrogen-bond acceptors (Lipinski definition) is 5. The van der Waals surface area contributed by atoms with Gasteiger partial charge < -0.3 is 19.9 Å². The largest absolute Gasteiger partial charge is 0.394 e. The van der Waals surface area contributed by atoms with Gasteiger partial charge in [0.25, 0.3) is 0 Å². The van der Waals surface area contributed by atoms with E-state index in [1.54, 1.807) is 6.20 Å². The number of hydrogen-bond donors (Lipinski definition) is 3. The third kappa shape index (κ3) is 3.36. The van der Waals surface area contributed by atoms with Crippen molar-refractivity contribution < 1.29 is 14.9 Å². The molecular formula is C17H21N3O4. The number of aliphatic hydroxyl groups is 2. The number of ether oxygens (including phenoxy) is 1. The van der Waals surface area contributed by atoms with Crippen LogP contribution in [0.15, 0.2) is 17.1 Å². The van der Waals surface area contributed by atoms with Crippen molar-refractivity contribution in [3.05, 3.63) is 28.4 Å². The van der Waals surface area contributed by atoms with Gasteiger partial charge in [-0.2, -0.15) is 4.98 Å². The van der Waals surface area contributed by atoms with Crippen LogP contribution in [0.4, 0.5) is 0 Å². The second kappa shape index (κ2) is 7.18. The van der Waals surface area contributed by atoms with Crippen LogP contribution in [-0.2, 0) is 11.2 Å². The zero-order chi connectivity index (χ0) is 17.1. The van der Waals surface area contributed by atoms with E-state index in [1.807, 2.05) is 6.07 Å². The summed E-state index contributed by atoms with van der Waals surface area (Å²) >= 11 is 0. The van der Waals surface area contributed by atoms with Crippen LogP contribution in [0, 0.1) is 12.3 Å². The van der Waals surface area contributed by atoms with Gasteiger partial charge >= 0.3 is 5.69 Å². The zero-order valence-electron chi connectivity index (χ0n) is 13.3. The fraction of sp³-hybridized carbons (Fsp3) is 0.529. The minimum Gasteiger partial charge on any atom is -0.394 e. The lowest BCUT2D eigenvalue weighted by Gasteiger charge is -2.14. The topological polar surface area (TPSA) is 100 Å². The van der Waals surface area contributed by atoms with Crippen molar-refractivity contribution in [3.8, 4) is 12.3 Å². The summed E-state index contributed by atoms with van der Waals surface area (Å²) < 4.78 is 6.90. The van der Waals surface area contributed by atoms with Crippen molar-refractivity contribution in [2.75, 3.05) is 6.61 Å². The van der Waals surface area contributed by atoms with Crippen LogP contribution in [0.2, 0.25) is 0 Å². The second-order valence-electron chi connectivity index (χ2n) is 6.06. The number of aromatic amines is 1. The molecule has 3 atom stereocenters. The van der Waals surface area contributed by atoms with E-state index >= 15 is 0 Å². The lowest BCUT2D eigenvalue weighted by Crippen LogP contribution is -2.27. The Morgan fingerprint density at radius 1 is 1.50 bits per heavy atom. The lowest BCUT2D eigenvalue weighted by atomic mass is 10.1. The summed E-state index contributed by atoms with van der Waals surface area (Å²) in [5, 5.41) is 19.8. The standard InChI is InChI=1S/C17H21N3O4/c1-2-3-4-5-6-12-7-11-9-20(17(23)19-16(11)18-12)15-8-13(22)14(10-21)24-15/h1,7,9,13-15,21-22H,3-6,8,10H2,(H,18,19,23)/t13-,14+,15+/m0/s1. The maximum absolute atomic E-state index is 12.2. The van der Waals surface area contributed by atoms with Crippen molar-refractivity contribution in [2.24, 2.45) is 0 Å². The molecule has 7 nitrogen and oxygen atoms in total. The lowest BCUT2D eigenvalue weighted by molar-refractivity contribution is -0.0457. The van der Waals surface area contributed by atoms with Crippen LogP contribution in [0.1, 0.15) is 37.6 Å². The van der Waals surface area contributed by atoms with E-state index in [0.717, 1.165) is 36.8 Å². The van der Waals surface area contributed by atoms with Crippen molar-refractivity contribution in [3.63, 3.8) is 0 Å². The average molecular weight is 331 g/mol. The monoisotopic (exact) mass is 331 g/mol. The van der Waals surface area contributed by atoms with E-state index in [2.05, 4.69) is 15.9 Å². The first kappa shape index (κ1) is 16.7. The number of fused-ring (bicyclic) bond motifs is 1. The highest BCUT2D eigenvalue weighted by Gasteiger charge is 2.35. The SMILES string of the molecule is C#CCCCCc1cc2cn([C@H]3C[C@H](O)[C@@H](CO)O3)c(=O)nc2[nH]1. The Balaban J connectivity index is 1.80. The predicted molar refractivity (Wildman–Crippen MR) is 88.4 cm³/mol.